The van der Waals surface area contributed by atoms with E-state index in [1.807, 2.05) is 0 Å². The lowest BCUT2D eigenvalue weighted by atomic mass is 9.93. The number of aryl methyl sites for hydroxylation is 1. The molecule has 0 unspecified atom stereocenters. The van der Waals surface area contributed by atoms with E-state index in [0.717, 1.165) is 13.1 Å². The Morgan fingerprint density at radius 2 is 1.72 bits per heavy atom. The van der Waals surface area contributed by atoms with Gasteiger partial charge in [0.2, 0.25) is 0 Å². The van der Waals surface area contributed by atoms with Gasteiger partial charge in [0.25, 0.3) is 0 Å². The van der Waals surface area contributed by atoms with E-state index in [0.29, 0.717) is 0 Å². The first-order valence-electron chi connectivity index (χ1n) is 6.62. The number of aliphatic hydroxyl groups excluding tert-OH is 1. The van der Waals surface area contributed by atoms with E-state index in [9.17, 15) is 5.11 Å². The van der Waals surface area contributed by atoms with Crippen LogP contribution in [0, 0.1) is 26.2 Å². The predicted octanol–water partition coefficient (Wildman–Crippen LogP) is 3.06. The van der Waals surface area contributed by atoms with E-state index in [2.05, 4.69) is 58.7 Å². The third-order valence-electron chi connectivity index (χ3n) is 3.74. The Morgan fingerprint density at radius 3 is 2.28 bits per heavy atom. The lowest BCUT2D eigenvalue weighted by Crippen LogP contribution is -2.33. The molecule has 102 valence electrons. The van der Waals surface area contributed by atoms with E-state index in [1.165, 1.54) is 22.3 Å². The summed E-state index contributed by atoms with van der Waals surface area (Å²) >= 11 is 0. The lowest BCUT2D eigenvalue weighted by molar-refractivity contribution is 0.112. The van der Waals surface area contributed by atoms with E-state index in [4.69, 9.17) is 0 Å². The van der Waals surface area contributed by atoms with Gasteiger partial charge < -0.3 is 10.0 Å². The first-order chi connectivity index (χ1) is 8.26. The highest BCUT2D eigenvalue weighted by molar-refractivity contribution is 5.38. The molecule has 2 nitrogen and oxygen atoms in total. The van der Waals surface area contributed by atoms with Gasteiger partial charge in [0.1, 0.15) is 0 Å². The molecule has 0 saturated carbocycles. The van der Waals surface area contributed by atoms with Crippen molar-refractivity contribution in [3.63, 3.8) is 0 Å². The molecule has 0 heterocycles. The SMILES string of the molecule is Cc1ccc(CN(C)CC(C)(C)CO)c(C)c1C. The molecule has 1 rings (SSSR count). The lowest BCUT2D eigenvalue weighted by Gasteiger charge is -2.29. The van der Waals surface area contributed by atoms with E-state index < -0.39 is 0 Å². The van der Waals surface area contributed by atoms with E-state index >= 15 is 0 Å². The minimum Gasteiger partial charge on any atom is -0.396 e. The Kier molecular flexibility index (Phi) is 4.94. The second-order valence-electron chi connectivity index (χ2n) is 6.29. The van der Waals surface area contributed by atoms with Crippen LogP contribution in [-0.4, -0.2) is 30.2 Å². The summed E-state index contributed by atoms with van der Waals surface area (Å²) in [5.41, 5.74) is 5.48. The van der Waals surface area contributed by atoms with Crippen molar-refractivity contribution >= 4 is 0 Å². The van der Waals surface area contributed by atoms with Gasteiger partial charge in [0.15, 0.2) is 0 Å². The molecule has 18 heavy (non-hydrogen) atoms. The van der Waals surface area contributed by atoms with Gasteiger partial charge in [-0.3, -0.25) is 0 Å². The van der Waals surface area contributed by atoms with Gasteiger partial charge in [-0.2, -0.15) is 0 Å². The largest absolute Gasteiger partial charge is 0.396 e. The molecule has 0 spiro atoms. The first-order valence-corrected chi connectivity index (χ1v) is 6.62. The van der Waals surface area contributed by atoms with Crippen molar-refractivity contribution in [2.75, 3.05) is 20.2 Å². The number of rotatable bonds is 5. The van der Waals surface area contributed by atoms with Gasteiger partial charge in [0, 0.05) is 25.1 Å². The molecule has 1 aromatic rings. The van der Waals surface area contributed by atoms with E-state index in [-0.39, 0.29) is 12.0 Å². The zero-order valence-electron chi connectivity index (χ0n) is 12.7. The average molecular weight is 249 g/mol. The van der Waals surface area contributed by atoms with Crippen LogP contribution in [0.2, 0.25) is 0 Å². The predicted molar refractivity (Wildman–Crippen MR) is 77.9 cm³/mol. The van der Waals surface area contributed by atoms with Gasteiger partial charge in [-0.25, -0.2) is 0 Å². The summed E-state index contributed by atoms with van der Waals surface area (Å²) in [6.07, 6.45) is 0. The molecule has 0 aliphatic carbocycles. The summed E-state index contributed by atoms with van der Waals surface area (Å²) in [5.74, 6) is 0. The van der Waals surface area contributed by atoms with Crippen molar-refractivity contribution in [1.82, 2.24) is 4.90 Å². The third kappa shape index (κ3) is 3.82. The van der Waals surface area contributed by atoms with Crippen LogP contribution in [0.3, 0.4) is 0 Å². The number of hydrogen-bond acceptors (Lipinski definition) is 2. The third-order valence-corrected chi connectivity index (χ3v) is 3.74. The number of nitrogens with zero attached hydrogens (tertiary/aromatic N) is 1. The Bertz CT molecular complexity index is 410. The molecule has 2 heteroatoms. The van der Waals surface area contributed by atoms with Crippen molar-refractivity contribution in [1.29, 1.82) is 0 Å². The maximum Gasteiger partial charge on any atom is 0.0494 e. The Labute approximate surface area is 112 Å². The number of benzene rings is 1. The molecule has 0 aromatic heterocycles. The standard InChI is InChI=1S/C16H27NO/c1-12-7-8-15(14(3)13(12)2)9-17(6)10-16(4,5)11-18/h7-8,18H,9-11H2,1-6H3. The van der Waals surface area contributed by atoms with Crippen molar-refractivity contribution in [3.05, 3.63) is 34.4 Å². The van der Waals surface area contributed by atoms with Crippen molar-refractivity contribution in [2.24, 2.45) is 5.41 Å². The van der Waals surface area contributed by atoms with Crippen LogP contribution in [0.25, 0.3) is 0 Å². The van der Waals surface area contributed by atoms with Crippen LogP contribution in [-0.2, 0) is 6.54 Å². The minimum absolute atomic E-state index is 0.0393. The van der Waals surface area contributed by atoms with Gasteiger partial charge >= 0.3 is 0 Å². The Hall–Kier alpha value is -0.860. The maximum absolute atomic E-state index is 9.32. The van der Waals surface area contributed by atoms with Crippen molar-refractivity contribution < 1.29 is 5.11 Å². The second kappa shape index (κ2) is 5.85. The molecule has 0 saturated heterocycles. The molecular weight excluding hydrogens is 222 g/mol. The van der Waals surface area contributed by atoms with Crippen LogP contribution in [0.1, 0.15) is 36.1 Å². The van der Waals surface area contributed by atoms with Crippen LogP contribution >= 0.6 is 0 Å². The fraction of sp³-hybridized carbons (Fsp3) is 0.625. The summed E-state index contributed by atoms with van der Waals surface area (Å²) in [5, 5.41) is 9.32. The molecule has 0 fully saturated rings. The van der Waals surface area contributed by atoms with Gasteiger partial charge in [-0.05, 0) is 50.1 Å². The number of aliphatic hydroxyl groups is 1. The molecular formula is C16H27NO. The molecule has 0 aliphatic rings. The Morgan fingerprint density at radius 1 is 1.11 bits per heavy atom. The molecule has 0 amide bonds. The molecule has 0 atom stereocenters. The zero-order chi connectivity index (χ0) is 13.9. The smallest absolute Gasteiger partial charge is 0.0494 e. The minimum atomic E-state index is -0.0393. The zero-order valence-corrected chi connectivity index (χ0v) is 12.7. The topological polar surface area (TPSA) is 23.5 Å². The van der Waals surface area contributed by atoms with Crippen LogP contribution < -0.4 is 0 Å². The van der Waals surface area contributed by atoms with Gasteiger partial charge in [0.05, 0.1) is 0 Å². The summed E-state index contributed by atoms with van der Waals surface area (Å²) in [6.45, 7) is 12.8. The molecule has 1 aromatic carbocycles. The number of hydrogen-bond donors (Lipinski definition) is 1. The molecule has 0 bridgehead atoms. The van der Waals surface area contributed by atoms with Crippen LogP contribution in [0.5, 0.6) is 0 Å². The molecule has 0 radical (unpaired) electrons. The van der Waals surface area contributed by atoms with Crippen molar-refractivity contribution in [3.8, 4) is 0 Å². The summed E-state index contributed by atoms with van der Waals surface area (Å²) < 4.78 is 0. The second-order valence-corrected chi connectivity index (χ2v) is 6.29. The summed E-state index contributed by atoms with van der Waals surface area (Å²) in [4.78, 5) is 2.29. The normalized spacial score (nSPS) is 12.2. The van der Waals surface area contributed by atoms with Crippen molar-refractivity contribution in [2.45, 2.75) is 41.2 Å². The first kappa shape index (κ1) is 15.2. The highest BCUT2D eigenvalue weighted by Crippen LogP contribution is 2.20. The van der Waals surface area contributed by atoms with E-state index in [1.54, 1.807) is 0 Å². The maximum atomic E-state index is 9.32. The molecule has 1 N–H and O–H groups in total. The highest BCUT2D eigenvalue weighted by Gasteiger charge is 2.19. The Balaban J connectivity index is 2.77. The monoisotopic (exact) mass is 249 g/mol. The highest BCUT2D eigenvalue weighted by atomic mass is 16.3. The molecule has 0 aliphatic heterocycles. The fourth-order valence-electron chi connectivity index (χ4n) is 2.31. The quantitative estimate of drug-likeness (QED) is 0.867. The van der Waals surface area contributed by atoms with Crippen LogP contribution in [0.4, 0.5) is 0 Å². The summed E-state index contributed by atoms with van der Waals surface area (Å²) in [7, 11) is 2.12. The average Bonchev–Trinajstić information content (AvgIpc) is 2.29. The van der Waals surface area contributed by atoms with Gasteiger partial charge in [-0.15, -0.1) is 0 Å². The fourth-order valence-corrected chi connectivity index (χ4v) is 2.31. The van der Waals surface area contributed by atoms with Gasteiger partial charge in [-0.1, -0.05) is 26.0 Å². The summed E-state index contributed by atoms with van der Waals surface area (Å²) in [6, 6.07) is 4.42. The van der Waals surface area contributed by atoms with Crippen LogP contribution in [0.15, 0.2) is 12.1 Å².